The maximum absolute atomic E-state index is 5.58. The van der Waals surface area contributed by atoms with Gasteiger partial charge in [-0.25, -0.2) is 4.98 Å². The van der Waals surface area contributed by atoms with E-state index in [4.69, 9.17) is 10.5 Å². The first-order valence-electron chi connectivity index (χ1n) is 3.63. The lowest BCUT2D eigenvalue weighted by Crippen LogP contribution is -1.96. The second-order valence-electron chi connectivity index (χ2n) is 2.23. The van der Waals surface area contributed by atoms with E-state index in [2.05, 4.69) is 32.8 Å². The van der Waals surface area contributed by atoms with Gasteiger partial charge in [-0.05, 0) is 18.1 Å². The molecule has 3 nitrogen and oxygen atoms in total. The molecule has 1 aromatic heterocycles. The molecule has 13 heavy (non-hydrogen) atoms. The van der Waals surface area contributed by atoms with E-state index >= 15 is 0 Å². The SMILES string of the molecule is COc1nc(C#CCBr)ccc1N. The fraction of sp³-hybridized carbons (Fsp3) is 0.222. The van der Waals surface area contributed by atoms with Crippen molar-refractivity contribution in [3.63, 3.8) is 0 Å². The maximum Gasteiger partial charge on any atom is 0.238 e. The zero-order chi connectivity index (χ0) is 9.68. The van der Waals surface area contributed by atoms with Gasteiger partial charge in [-0.15, -0.1) is 0 Å². The maximum atomic E-state index is 5.58. The molecule has 0 aliphatic rings. The lowest BCUT2D eigenvalue weighted by molar-refractivity contribution is 0.400. The van der Waals surface area contributed by atoms with Crippen molar-refractivity contribution >= 4 is 21.6 Å². The Balaban J connectivity index is 2.99. The minimum Gasteiger partial charge on any atom is -0.479 e. The van der Waals surface area contributed by atoms with E-state index in [0.717, 1.165) is 0 Å². The molecule has 0 unspecified atom stereocenters. The van der Waals surface area contributed by atoms with E-state index in [1.165, 1.54) is 7.11 Å². The first kappa shape index (κ1) is 9.87. The molecule has 1 rings (SSSR count). The lowest BCUT2D eigenvalue weighted by Gasteiger charge is -2.01. The normalized spacial score (nSPS) is 8.77. The molecule has 0 aliphatic heterocycles. The van der Waals surface area contributed by atoms with Crippen LogP contribution in [0.4, 0.5) is 5.69 Å². The highest BCUT2D eigenvalue weighted by molar-refractivity contribution is 9.09. The number of nitrogens with zero attached hydrogens (tertiary/aromatic N) is 1. The third-order valence-electron chi connectivity index (χ3n) is 1.37. The van der Waals surface area contributed by atoms with Crippen LogP contribution in [-0.2, 0) is 0 Å². The van der Waals surface area contributed by atoms with Gasteiger partial charge in [-0.2, -0.15) is 0 Å². The summed E-state index contributed by atoms with van der Waals surface area (Å²) in [5.41, 5.74) is 6.76. The number of anilines is 1. The number of pyridine rings is 1. The number of hydrogen-bond donors (Lipinski definition) is 1. The molecule has 68 valence electrons. The van der Waals surface area contributed by atoms with Gasteiger partial charge in [0.2, 0.25) is 5.88 Å². The summed E-state index contributed by atoms with van der Waals surface area (Å²) < 4.78 is 4.95. The molecular formula is C9H9BrN2O. The van der Waals surface area contributed by atoms with Crippen LogP contribution in [0, 0.1) is 11.8 Å². The Morgan fingerprint density at radius 3 is 3.00 bits per heavy atom. The quantitative estimate of drug-likeness (QED) is 0.597. The van der Waals surface area contributed by atoms with Gasteiger partial charge in [0, 0.05) is 0 Å². The number of rotatable bonds is 1. The largest absolute Gasteiger partial charge is 0.479 e. The average Bonchev–Trinajstić information content (AvgIpc) is 2.16. The highest BCUT2D eigenvalue weighted by Gasteiger charge is 1.99. The van der Waals surface area contributed by atoms with Crippen LogP contribution < -0.4 is 10.5 Å². The number of hydrogen-bond acceptors (Lipinski definition) is 3. The summed E-state index contributed by atoms with van der Waals surface area (Å²) in [5, 5.41) is 0.626. The Bertz CT molecular complexity index is 354. The standard InChI is InChI=1S/C9H9BrN2O/c1-13-9-8(11)5-4-7(12-9)3-2-6-10/h4-5H,6,11H2,1H3. The van der Waals surface area contributed by atoms with Gasteiger partial charge < -0.3 is 10.5 Å². The van der Waals surface area contributed by atoms with Crippen LogP contribution >= 0.6 is 15.9 Å². The van der Waals surface area contributed by atoms with E-state index in [1.807, 2.05) is 0 Å². The summed E-state index contributed by atoms with van der Waals surface area (Å²) in [6, 6.07) is 3.48. The number of halogens is 1. The first-order chi connectivity index (χ1) is 6.27. The molecule has 0 saturated heterocycles. The third kappa shape index (κ3) is 2.63. The van der Waals surface area contributed by atoms with E-state index in [9.17, 15) is 0 Å². The molecule has 0 amide bonds. The van der Waals surface area contributed by atoms with E-state index in [1.54, 1.807) is 12.1 Å². The summed E-state index contributed by atoms with van der Waals surface area (Å²) in [4.78, 5) is 4.09. The van der Waals surface area contributed by atoms with Gasteiger partial charge in [0.1, 0.15) is 5.69 Å². The third-order valence-corrected chi connectivity index (χ3v) is 1.65. The topological polar surface area (TPSA) is 48.1 Å². The molecule has 4 heteroatoms. The minimum absolute atomic E-state index is 0.418. The van der Waals surface area contributed by atoms with Crippen LogP contribution in [0.3, 0.4) is 0 Å². The number of alkyl halides is 1. The molecule has 0 aromatic carbocycles. The van der Waals surface area contributed by atoms with Crippen molar-refractivity contribution in [3.05, 3.63) is 17.8 Å². The Kier molecular flexibility index (Phi) is 3.59. The molecule has 0 fully saturated rings. The monoisotopic (exact) mass is 240 g/mol. The number of nitrogen functional groups attached to an aromatic ring is 1. The Morgan fingerprint density at radius 1 is 1.62 bits per heavy atom. The molecule has 0 bridgehead atoms. The molecule has 2 N–H and O–H groups in total. The van der Waals surface area contributed by atoms with Crippen LogP contribution in [0.5, 0.6) is 5.88 Å². The lowest BCUT2D eigenvalue weighted by atomic mass is 10.3. The molecule has 1 heterocycles. The summed E-state index contributed by atoms with van der Waals surface area (Å²) in [5.74, 6) is 6.11. The molecule has 0 radical (unpaired) electrons. The van der Waals surface area contributed by atoms with Gasteiger partial charge in [-0.1, -0.05) is 21.9 Å². The fourth-order valence-electron chi connectivity index (χ4n) is 0.808. The predicted molar refractivity (Wildman–Crippen MR) is 55.9 cm³/mol. The molecule has 1 aromatic rings. The van der Waals surface area contributed by atoms with Gasteiger partial charge >= 0.3 is 0 Å². The molecule has 0 atom stereocenters. The second-order valence-corrected chi connectivity index (χ2v) is 2.79. The van der Waals surface area contributed by atoms with Crippen molar-refractivity contribution in [3.8, 4) is 17.7 Å². The average molecular weight is 241 g/mol. The van der Waals surface area contributed by atoms with Crippen molar-refractivity contribution in [2.75, 3.05) is 18.2 Å². The fourth-order valence-corrected chi connectivity index (χ4v) is 0.948. The van der Waals surface area contributed by atoms with Crippen LogP contribution in [0.2, 0.25) is 0 Å². The molecule has 0 saturated carbocycles. The van der Waals surface area contributed by atoms with Crippen LogP contribution in [0.25, 0.3) is 0 Å². The summed E-state index contributed by atoms with van der Waals surface area (Å²) in [6.45, 7) is 0. The zero-order valence-corrected chi connectivity index (χ0v) is 8.76. The van der Waals surface area contributed by atoms with E-state index in [0.29, 0.717) is 22.6 Å². The van der Waals surface area contributed by atoms with Crippen LogP contribution in [-0.4, -0.2) is 17.4 Å². The Hall–Kier alpha value is -1.21. The molecule has 0 aliphatic carbocycles. The minimum atomic E-state index is 0.418. The van der Waals surface area contributed by atoms with Crippen LogP contribution in [0.1, 0.15) is 5.69 Å². The number of nitrogens with two attached hydrogens (primary N) is 1. The van der Waals surface area contributed by atoms with E-state index in [-0.39, 0.29) is 0 Å². The van der Waals surface area contributed by atoms with Gasteiger partial charge in [0.25, 0.3) is 0 Å². The molecular weight excluding hydrogens is 232 g/mol. The summed E-state index contributed by atoms with van der Waals surface area (Å²) in [7, 11) is 1.53. The van der Waals surface area contributed by atoms with Crippen molar-refractivity contribution < 1.29 is 4.74 Å². The van der Waals surface area contributed by atoms with Gasteiger partial charge in [0.15, 0.2) is 0 Å². The van der Waals surface area contributed by atoms with Crippen LogP contribution in [0.15, 0.2) is 12.1 Å². The van der Waals surface area contributed by atoms with Crippen molar-refractivity contribution in [2.45, 2.75) is 0 Å². The highest BCUT2D eigenvalue weighted by atomic mass is 79.9. The first-order valence-corrected chi connectivity index (χ1v) is 4.75. The smallest absolute Gasteiger partial charge is 0.238 e. The Labute approximate surface area is 85.4 Å². The second kappa shape index (κ2) is 4.73. The predicted octanol–water partition coefficient (Wildman–Crippen LogP) is 1.42. The van der Waals surface area contributed by atoms with E-state index < -0.39 is 0 Å². The summed E-state index contributed by atoms with van der Waals surface area (Å²) >= 11 is 3.20. The van der Waals surface area contributed by atoms with Gasteiger partial charge in [-0.3, -0.25) is 0 Å². The number of methoxy groups -OCH3 is 1. The Morgan fingerprint density at radius 2 is 2.38 bits per heavy atom. The van der Waals surface area contributed by atoms with Gasteiger partial charge in [0.05, 0.1) is 18.1 Å². The molecule has 0 spiro atoms. The number of ether oxygens (including phenoxy) is 1. The zero-order valence-electron chi connectivity index (χ0n) is 7.17. The van der Waals surface area contributed by atoms with Crippen molar-refractivity contribution in [1.29, 1.82) is 0 Å². The van der Waals surface area contributed by atoms with Crippen molar-refractivity contribution in [2.24, 2.45) is 0 Å². The number of aromatic nitrogens is 1. The van der Waals surface area contributed by atoms with Crippen molar-refractivity contribution in [1.82, 2.24) is 4.98 Å². The summed E-state index contributed by atoms with van der Waals surface area (Å²) in [6.07, 6.45) is 0. The highest BCUT2D eigenvalue weighted by Crippen LogP contribution is 2.16.